The second kappa shape index (κ2) is 4.66. The summed E-state index contributed by atoms with van der Waals surface area (Å²) in [5.74, 6) is 0. The number of hydrogen-bond acceptors (Lipinski definition) is 2. The fourth-order valence-electron chi connectivity index (χ4n) is 3.22. The van der Waals surface area contributed by atoms with Crippen LogP contribution in [0.3, 0.4) is 0 Å². The Morgan fingerprint density at radius 1 is 1.12 bits per heavy atom. The van der Waals surface area contributed by atoms with Crippen LogP contribution in [-0.2, 0) is 4.74 Å². The van der Waals surface area contributed by atoms with Crippen LogP contribution in [0, 0.1) is 5.41 Å². The summed E-state index contributed by atoms with van der Waals surface area (Å²) in [6.45, 7) is 5.71. The summed E-state index contributed by atoms with van der Waals surface area (Å²) < 4.78 is 5.73. The van der Waals surface area contributed by atoms with E-state index in [1.807, 2.05) is 0 Å². The molecule has 16 heavy (non-hydrogen) atoms. The van der Waals surface area contributed by atoms with Gasteiger partial charge < -0.3 is 10.5 Å². The Bertz CT molecular complexity index is 233. The lowest BCUT2D eigenvalue weighted by molar-refractivity contribution is 0.0789. The van der Waals surface area contributed by atoms with Gasteiger partial charge in [-0.05, 0) is 50.4 Å². The van der Waals surface area contributed by atoms with E-state index in [1.165, 1.54) is 44.9 Å². The number of rotatable bonds is 2. The van der Waals surface area contributed by atoms with Gasteiger partial charge >= 0.3 is 0 Å². The van der Waals surface area contributed by atoms with Crippen LogP contribution in [0.1, 0.15) is 65.2 Å². The van der Waals surface area contributed by atoms with Crippen molar-refractivity contribution in [3.8, 4) is 0 Å². The van der Waals surface area contributed by atoms with Crippen LogP contribution in [0.5, 0.6) is 0 Å². The lowest BCUT2D eigenvalue weighted by Gasteiger charge is -2.31. The first-order valence-corrected chi connectivity index (χ1v) is 6.90. The Morgan fingerprint density at radius 3 is 2.62 bits per heavy atom. The van der Waals surface area contributed by atoms with Gasteiger partial charge in [-0.15, -0.1) is 0 Å². The third-order valence-corrected chi connectivity index (χ3v) is 4.49. The molecule has 0 aromatic heterocycles. The van der Waals surface area contributed by atoms with Crippen molar-refractivity contribution in [1.82, 2.24) is 0 Å². The average molecular weight is 225 g/mol. The van der Waals surface area contributed by atoms with E-state index in [-0.39, 0.29) is 5.54 Å². The minimum atomic E-state index is 0.0583. The first-order valence-electron chi connectivity index (χ1n) is 6.90. The molecule has 2 rings (SSSR count). The van der Waals surface area contributed by atoms with Crippen molar-refractivity contribution in [1.29, 1.82) is 0 Å². The zero-order valence-electron chi connectivity index (χ0n) is 10.9. The van der Waals surface area contributed by atoms with Crippen molar-refractivity contribution in [3.05, 3.63) is 0 Å². The molecule has 2 N–H and O–H groups in total. The van der Waals surface area contributed by atoms with E-state index in [9.17, 15) is 0 Å². The van der Waals surface area contributed by atoms with Crippen molar-refractivity contribution in [2.45, 2.75) is 76.9 Å². The molecule has 2 fully saturated rings. The van der Waals surface area contributed by atoms with Gasteiger partial charge in [-0.1, -0.05) is 20.3 Å². The predicted octanol–water partition coefficient (Wildman–Crippen LogP) is 3.24. The van der Waals surface area contributed by atoms with Gasteiger partial charge in [-0.2, -0.15) is 0 Å². The SMILES string of the molecule is CC1(C)CCCC(N)(CC2CCCO2)CC1. The Balaban J connectivity index is 1.90. The van der Waals surface area contributed by atoms with Crippen molar-refractivity contribution < 1.29 is 4.74 Å². The summed E-state index contributed by atoms with van der Waals surface area (Å²) in [6.07, 6.45) is 10.3. The van der Waals surface area contributed by atoms with E-state index in [1.54, 1.807) is 0 Å². The van der Waals surface area contributed by atoms with Crippen LogP contribution in [0.15, 0.2) is 0 Å². The second-order valence-corrected chi connectivity index (χ2v) is 6.72. The standard InChI is InChI=1S/C14H27NO/c1-13(2)6-4-7-14(15,9-8-13)11-12-5-3-10-16-12/h12H,3-11,15H2,1-2H3. The maximum absolute atomic E-state index is 6.58. The van der Waals surface area contributed by atoms with Crippen LogP contribution in [0.2, 0.25) is 0 Å². The molecule has 1 saturated carbocycles. The molecule has 1 saturated heterocycles. The van der Waals surface area contributed by atoms with E-state index >= 15 is 0 Å². The number of ether oxygens (including phenoxy) is 1. The third kappa shape index (κ3) is 3.21. The van der Waals surface area contributed by atoms with Gasteiger partial charge in [0.05, 0.1) is 6.10 Å². The van der Waals surface area contributed by atoms with E-state index in [4.69, 9.17) is 10.5 Å². The molecule has 0 amide bonds. The molecule has 2 nitrogen and oxygen atoms in total. The van der Waals surface area contributed by atoms with Crippen LogP contribution >= 0.6 is 0 Å². The molecule has 2 aliphatic rings. The molecule has 1 aliphatic heterocycles. The Hall–Kier alpha value is -0.0800. The van der Waals surface area contributed by atoms with E-state index in [0.717, 1.165) is 13.0 Å². The molecule has 2 unspecified atom stereocenters. The summed E-state index contributed by atoms with van der Waals surface area (Å²) in [5.41, 5.74) is 7.14. The predicted molar refractivity (Wildman–Crippen MR) is 67.4 cm³/mol. The molecule has 0 radical (unpaired) electrons. The average Bonchev–Trinajstić information content (AvgIpc) is 2.63. The number of nitrogens with two attached hydrogens (primary N) is 1. The highest BCUT2D eigenvalue weighted by Gasteiger charge is 2.35. The monoisotopic (exact) mass is 225 g/mol. The van der Waals surface area contributed by atoms with E-state index < -0.39 is 0 Å². The van der Waals surface area contributed by atoms with Crippen molar-refractivity contribution in [3.63, 3.8) is 0 Å². The lowest BCUT2D eigenvalue weighted by atomic mass is 9.82. The first kappa shape index (κ1) is 12.4. The maximum atomic E-state index is 6.58. The Kier molecular flexibility index (Phi) is 3.60. The summed E-state index contributed by atoms with van der Waals surface area (Å²) in [6, 6.07) is 0. The van der Waals surface area contributed by atoms with Crippen molar-refractivity contribution >= 4 is 0 Å². The largest absolute Gasteiger partial charge is 0.378 e. The third-order valence-electron chi connectivity index (χ3n) is 4.49. The molecule has 1 heterocycles. The molecule has 0 spiro atoms. The normalized spacial score (nSPS) is 39.6. The minimum absolute atomic E-state index is 0.0583. The van der Waals surface area contributed by atoms with Crippen LogP contribution in [0.4, 0.5) is 0 Å². The van der Waals surface area contributed by atoms with Gasteiger partial charge in [-0.3, -0.25) is 0 Å². The number of hydrogen-bond donors (Lipinski definition) is 1. The van der Waals surface area contributed by atoms with Gasteiger partial charge in [-0.25, -0.2) is 0 Å². The highest BCUT2D eigenvalue weighted by molar-refractivity contribution is 4.92. The summed E-state index contributed by atoms with van der Waals surface area (Å²) >= 11 is 0. The summed E-state index contributed by atoms with van der Waals surface area (Å²) in [7, 11) is 0. The maximum Gasteiger partial charge on any atom is 0.0593 e. The molecule has 2 heteroatoms. The molecule has 1 aliphatic carbocycles. The van der Waals surface area contributed by atoms with Crippen LogP contribution in [-0.4, -0.2) is 18.2 Å². The molecule has 0 aromatic rings. The smallest absolute Gasteiger partial charge is 0.0593 e. The fourth-order valence-corrected chi connectivity index (χ4v) is 3.22. The van der Waals surface area contributed by atoms with Gasteiger partial charge in [0.1, 0.15) is 0 Å². The summed E-state index contributed by atoms with van der Waals surface area (Å²) in [5, 5.41) is 0. The Morgan fingerprint density at radius 2 is 1.94 bits per heavy atom. The van der Waals surface area contributed by atoms with Gasteiger partial charge in [0.2, 0.25) is 0 Å². The van der Waals surface area contributed by atoms with E-state index in [2.05, 4.69) is 13.8 Å². The molecule has 94 valence electrons. The van der Waals surface area contributed by atoms with E-state index in [0.29, 0.717) is 11.5 Å². The molecule has 0 aromatic carbocycles. The highest BCUT2D eigenvalue weighted by Crippen LogP contribution is 2.39. The highest BCUT2D eigenvalue weighted by atomic mass is 16.5. The molecule has 2 atom stereocenters. The topological polar surface area (TPSA) is 35.2 Å². The van der Waals surface area contributed by atoms with Crippen molar-refractivity contribution in [2.75, 3.05) is 6.61 Å². The summed E-state index contributed by atoms with van der Waals surface area (Å²) in [4.78, 5) is 0. The zero-order valence-corrected chi connectivity index (χ0v) is 10.9. The van der Waals surface area contributed by atoms with Crippen molar-refractivity contribution in [2.24, 2.45) is 11.1 Å². The second-order valence-electron chi connectivity index (χ2n) is 6.72. The zero-order chi connectivity index (χ0) is 11.6. The molecule has 0 bridgehead atoms. The van der Waals surface area contributed by atoms with Gasteiger partial charge in [0, 0.05) is 12.1 Å². The quantitative estimate of drug-likeness (QED) is 0.732. The minimum Gasteiger partial charge on any atom is -0.378 e. The van der Waals surface area contributed by atoms with Gasteiger partial charge in [0.25, 0.3) is 0 Å². The lowest BCUT2D eigenvalue weighted by Crippen LogP contribution is -2.42. The molecular weight excluding hydrogens is 198 g/mol. The van der Waals surface area contributed by atoms with Gasteiger partial charge in [0.15, 0.2) is 0 Å². The Labute approximate surface area is 99.9 Å². The van der Waals surface area contributed by atoms with Crippen LogP contribution < -0.4 is 5.73 Å². The first-order chi connectivity index (χ1) is 7.49. The fraction of sp³-hybridized carbons (Fsp3) is 1.00. The molecular formula is C14H27NO. The van der Waals surface area contributed by atoms with Crippen LogP contribution in [0.25, 0.3) is 0 Å².